The number of ether oxygens (including phenoxy) is 1. The Balaban J connectivity index is 1.50. The van der Waals surface area contributed by atoms with Crippen LogP contribution in [0.25, 0.3) is 0 Å². The lowest BCUT2D eigenvalue weighted by molar-refractivity contribution is -0.130. The number of aryl methyl sites for hydroxylation is 1. The summed E-state index contributed by atoms with van der Waals surface area (Å²) >= 11 is 0. The van der Waals surface area contributed by atoms with Crippen molar-refractivity contribution in [1.82, 2.24) is 20.3 Å². The topological polar surface area (TPSA) is 84.2 Å². The number of hydrogen-bond donors (Lipinski definition) is 1. The number of carbonyl (C=O) groups excluding carboxylic acids is 1. The normalized spacial score (nSPS) is 18.1. The molecule has 112 valence electrons. The number of aromatic nitrogens is 3. The van der Waals surface area contributed by atoms with Crippen molar-refractivity contribution in [1.29, 1.82) is 0 Å². The lowest BCUT2D eigenvalue weighted by Gasteiger charge is -2.15. The van der Waals surface area contributed by atoms with Crippen LogP contribution in [0.3, 0.4) is 0 Å². The highest BCUT2D eigenvalue weighted by atomic mass is 16.5. The average molecular weight is 290 g/mol. The molecule has 2 aromatic heterocycles. The van der Waals surface area contributed by atoms with Crippen molar-refractivity contribution in [2.45, 2.75) is 25.2 Å². The summed E-state index contributed by atoms with van der Waals surface area (Å²) in [6, 6.07) is 3.68. The first-order valence-corrected chi connectivity index (χ1v) is 7.03. The molecule has 1 aliphatic rings. The van der Waals surface area contributed by atoms with Gasteiger partial charge in [-0.05, 0) is 17.6 Å². The number of methoxy groups -OCH3 is 1. The minimum absolute atomic E-state index is 0.146. The van der Waals surface area contributed by atoms with E-state index in [0.29, 0.717) is 30.4 Å². The van der Waals surface area contributed by atoms with Gasteiger partial charge in [0.05, 0.1) is 7.11 Å². The van der Waals surface area contributed by atoms with Gasteiger partial charge in [0.15, 0.2) is 0 Å². The molecule has 1 aliphatic heterocycles. The maximum Gasteiger partial charge on any atom is 0.254 e. The van der Waals surface area contributed by atoms with E-state index in [1.807, 2.05) is 11.0 Å². The quantitative estimate of drug-likeness (QED) is 0.898. The first kappa shape index (κ1) is 13.7. The molecule has 0 radical (unpaired) electrons. The van der Waals surface area contributed by atoms with Crippen molar-refractivity contribution >= 4 is 5.91 Å². The summed E-state index contributed by atoms with van der Waals surface area (Å²) in [5.41, 5.74) is 1.10. The van der Waals surface area contributed by atoms with Crippen molar-refractivity contribution in [3.8, 4) is 5.88 Å². The second-order valence-corrected chi connectivity index (χ2v) is 5.17. The van der Waals surface area contributed by atoms with Crippen molar-refractivity contribution in [3.05, 3.63) is 29.8 Å². The van der Waals surface area contributed by atoms with Gasteiger partial charge in [-0.1, -0.05) is 0 Å². The van der Waals surface area contributed by atoms with Crippen LogP contribution in [-0.4, -0.2) is 46.4 Å². The monoisotopic (exact) mass is 290 g/mol. The molecular formula is C14H18N4O3. The minimum Gasteiger partial charge on any atom is -0.479 e. The molecule has 0 saturated carbocycles. The Labute approximate surface area is 122 Å². The van der Waals surface area contributed by atoms with Gasteiger partial charge in [0.25, 0.3) is 5.88 Å². The van der Waals surface area contributed by atoms with Gasteiger partial charge in [-0.25, -0.2) is 0 Å². The summed E-state index contributed by atoms with van der Waals surface area (Å²) in [6.45, 7) is 1.54. The van der Waals surface area contributed by atoms with Crippen molar-refractivity contribution in [2.24, 2.45) is 0 Å². The summed E-state index contributed by atoms with van der Waals surface area (Å²) in [6.07, 6.45) is 3.69. The standard InChI is InChI=1S/C14H18N4O3/c1-20-13-8-11(21-17-13)2-3-14(19)18-7-5-10(9-18)12-4-6-15-16-12/h4,6,8,10H,2-3,5,7,9H2,1H3,(H,15,16)/t10-/m1/s1. The van der Waals surface area contributed by atoms with Gasteiger partial charge in [0.1, 0.15) is 5.76 Å². The van der Waals surface area contributed by atoms with E-state index in [0.717, 1.165) is 25.2 Å². The summed E-state index contributed by atoms with van der Waals surface area (Å²) in [5, 5.41) is 10.7. The van der Waals surface area contributed by atoms with Crippen LogP contribution in [0.4, 0.5) is 0 Å². The predicted molar refractivity (Wildman–Crippen MR) is 73.9 cm³/mol. The second-order valence-electron chi connectivity index (χ2n) is 5.17. The van der Waals surface area contributed by atoms with Gasteiger partial charge >= 0.3 is 0 Å². The molecule has 0 spiro atoms. The Morgan fingerprint density at radius 3 is 3.24 bits per heavy atom. The molecule has 7 heteroatoms. The maximum atomic E-state index is 12.2. The third-order valence-electron chi connectivity index (χ3n) is 3.83. The van der Waals surface area contributed by atoms with Crippen LogP contribution in [-0.2, 0) is 11.2 Å². The van der Waals surface area contributed by atoms with Gasteiger partial charge in [-0.15, -0.1) is 0 Å². The fourth-order valence-corrected chi connectivity index (χ4v) is 2.63. The van der Waals surface area contributed by atoms with Gasteiger partial charge in [0, 0.05) is 49.8 Å². The van der Waals surface area contributed by atoms with E-state index in [2.05, 4.69) is 15.4 Å². The van der Waals surface area contributed by atoms with Crippen LogP contribution < -0.4 is 4.74 Å². The minimum atomic E-state index is 0.146. The Morgan fingerprint density at radius 1 is 1.62 bits per heavy atom. The van der Waals surface area contributed by atoms with Crippen LogP contribution in [0.5, 0.6) is 5.88 Å². The lowest BCUT2D eigenvalue weighted by Crippen LogP contribution is -2.28. The highest BCUT2D eigenvalue weighted by Gasteiger charge is 2.27. The molecule has 0 bridgehead atoms. The van der Waals surface area contributed by atoms with E-state index in [-0.39, 0.29) is 5.91 Å². The van der Waals surface area contributed by atoms with E-state index in [4.69, 9.17) is 9.26 Å². The van der Waals surface area contributed by atoms with Crippen molar-refractivity contribution in [2.75, 3.05) is 20.2 Å². The summed E-state index contributed by atoms with van der Waals surface area (Å²) in [5.74, 6) is 1.62. The Kier molecular flexibility index (Phi) is 3.89. The smallest absolute Gasteiger partial charge is 0.254 e. The molecule has 3 heterocycles. The van der Waals surface area contributed by atoms with E-state index in [1.165, 1.54) is 7.11 Å². The molecule has 1 amide bonds. The Bertz CT molecular complexity index is 593. The zero-order valence-corrected chi connectivity index (χ0v) is 11.9. The molecule has 0 unspecified atom stereocenters. The van der Waals surface area contributed by atoms with Crippen molar-refractivity contribution in [3.63, 3.8) is 0 Å². The zero-order valence-electron chi connectivity index (χ0n) is 11.9. The third-order valence-corrected chi connectivity index (χ3v) is 3.83. The Hall–Kier alpha value is -2.31. The zero-order chi connectivity index (χ0) is 14.7. The number of nitrogens with zero attached hydrogens (tertiary/aromatic N) is 3. The van der Waals surface area contributed by atoms with E-state index in [1.54, 1.807) is 12.3 Å². The molecule has 2 aromatic rings. The fourth-order valence-electron chi connectivity index (χ4n) is 2.63. The van der Waals surface area contributed by atoms with E-state index < -0.39 is 0 Å². The highest BCUT2D eigenvalue weighted by molar-refractivity contribution is 5.76. The maximum absolute atomic E-state index is 12.2. The third kappa shape index (κ3) is 3.07. The molecule has 0 aliphatic carbocycles. The first-order chi connectivity index (χ1) is 10.3. The van der Waals surface area contributed by atoms with E-state index >= 15 is 0 Å². The number of carbonyl (C=O) groups is 1. The van der Waals surface area contributed by atoms with Gasteiger partial charge in [-0.2, -0.15) is 5.10 Å². The molecule has 1 N–H and O–H groups in total. The molecule has 7 nitrogen and oxygen atoms in total. The van der Waals surface area contributed by atoms with Gasteiger partial charge in [0.2, 0.25) is 5.91 Å². The second kappa shape index (κ2) is 5.99. The molecule has 0 aromatic carbocycles. The number of aromatic amines is 1. The van der Waals surface area contributed by atoms with Crippen LogP contribution in [0.1, 0.15) is 30.2 Å². The van der Waals surface area contributed by atoms with Gasteiger partial charge < -0.3 is 14.2 Å². The number of likely N-dealkylation sites (tertiary alicyclic amines) is 1. The molecular weight excluding hydrogens is 272 g/mol. The van der Waals surface area contributed by atoms with Crippen LogP contribution in [0.2, 0.25) is 0 Å². The largest absolute Gasteiger partial charge is 0.479 e. The molecule has 21 heavy (non-hydrogen) atoms. The summed E-state index contributed by atoms with van der Waals surface area (Å²) < 4.78 is 10.0. The number of amides is 1. The molecule has 1 atom stereocenters. The Morgan fingerprint density at radius 2 is 2.52 bits per heavy atom. The van der Waals surface area contributed by atoms with Crippen LogP contribution >= 0.6 is 0 Å². The molecule has 1 fully saturated rings. The highest BCUT2D eigenvalue weighted by Crippen LogP contribution is 2.26. The average Bonchev–Trinajstić information content (AvgIpc) is 3.24. The SMILES string of the molecule is COc1cc(CCC(=O)N2CC[C@@H](c3ccn[nH]3)C2)on1. The van der Waals surface area contributed by atoms with Gasteiger partial charge in [-0.3, -0.25) is 9.89 Å². The molecule has 1 saturated heterocycles. The number of H-pyrrole nitrogens is 1. The number of rotatable bonds is 5. The summed E-state index contributed by atoms with van der Waals surface area (Å²) in [7, 11) is 1.53. The number of hydrogen-bond acceptors (Lipinski definition) is 5. The van der Waals surface area contributed by atoms with E-state index in [9.17, 15) is 4.79 Å². The first-order valence-electron chi connectivity index (χ1n) is 7.03. The number of nitrogens with one attached hydrogen (secondary N) is 1. The fraction of sp³-hybridized carbons (Fsp3) is 0.500. The van der Waals surface area contributed by atoms with Crippen molar-refractivity contribution < 1.29 is 14.1 Å². The lowest BCUT2D eigenvalue weighted by atomic mass is 10.1. The summed E-state index contributed by atoms with van der Waals surface area (Å²) in [4.78, 5) is 14.1. The predicted octanol–water partition coefficient (Wildman–Crippen LogP) is 1.35. The molecule has 3 rings (SSSR count). The van der Waals surface area contributed by atoms with Crippen LogP contribution in [0.15, 0.2) is 22.9 Å². The van der Waals surface area contributed by atoms with Crippen LogP contribution in [0, 0.1) is 0 Å².